The molecule has 0 bridgehead atoms. The van der Waals surface area contributed by atoms with Crippen molar-refractivity contribution in [2.75, 3.05) is 11.9 Å². The number of anilines is 1. The Bertz CT molecular complexity index is 510. The van der Waals surface area contributed by atoms with Crippen LogP contribution in [0.4, 0.5) is 10.1 Å². The molecule has 3 nitrogen and oxygen atoms in total. The lowest BCUT2D eigenvalue weighted by Crippen LogP contribution is -2.11. The van der Waals surface area contributed by atoms with Crippen LogP contribution in [0, 0.1) is 12.7 Å². The van der Waals surface area contributed by atoms with E-state index in [1.807, 2.05) is 17.7 Å². The molecule has 17 heavy (non-hydrogen) atoms. The molecule has 1 aromatic carbocycles. The van der Waals surface area contributed by atoms with E-state index >= 15 is 0 Å². The molecule has 2 rings (SSSR count). The maximum atomic E-state index is 12.8. The summed E-state index contributed by atoms with van der Waals surface area (Å²) in [5.74, 6) is 0.642. The van der Waals surface area contributed by atoms with E-state index < -0.39 is 0 Å². The van der Waals surface area contributed by atoms with E-state index in [9.17, 15) is 4.39 Å². The third-order valence-electron chi connectivity index (χ3n) is 2.52. The first-order chi connectivity index (χ1) is 8.16. The summed E-state index contributed by atoms with van der Waals surface area (Å²) in [6.07, 6.45) is 3.68. The zero-order valence-corrected chi connectivity index (χ0v) is 10.2. The third kappa shape index (κ3) is 2.97. The Hall–Kier alpha value is -1.55. The highest BCUT2D eigenvalue weighted by molar-refractivity contribution is 6.33. The predicted molar refractivity (Wildman–Crippen MR) is 66.9 cm³/mol. The van der Waals surface area contributed by atoms with E-state index in [0.717, 1.165) is 18.1 Å². The molecule has 0 aliphatic carbocycles. The van der Waals surface area contributed by atoms with Crippen LogP contribution >= 0.6 is 11.6 Å². The quantitative estimate of drug-likeness (QED) is 0.908. The van der Waals surface area contributed by atoms with Crippen LogP contribution in [-0.4, -0.2) is 16.1 Å². The molecule has 0 fully saturated rings. The second-order valence-corrected chi connectivity index (χ2v) is 4.13. The highest BCUT2D eigenvalue weighted by atomic mass is 35.5. The average Bonchev–Trinajstić information content (AvgIpc) is 2.68. The van der Waals surface area contributed by atoms with Gasteiger partial charge in [0.15, 0.2) is 0 Å². The summed E-state index contributed by atoms with van der Waals surface area (Å²) in [5.41, 5.74) is 0.742. The van der Waals surface area contributed by atoms with E-state index in [0.29, 0.717) is 11.6 Å². The van der Waals surface area contributed by atoms with Crippen molar-refractivity contribution in [2.24, 2.45) is 0 Å². The van der Waals surface area contributed by atoms with Gasteiger partial charge in [0, 0.05) is 25.5 Å². The molecule has 0 aliphatic heterocycles. The van der Waals surface area contributed by atoms with Gasteiger partial charge >= 0.3 is 0 Å². The highest BCUT2D eigenvalue weighted by Gasteiger charge is 2.01. The number of aromatic nitrogens is 2. The van der Waals surface area contributed by atoms with Crippen molar-refractivity contribution in [3.8, 4) is 0 Å². The first kappa shape index (κ1) is 11.9. The molecule has 5 heteroatoms. The molecule has 1 N–H and O–H groups in total. The lowest BCUT2D eigenvalue weighted by Gasteiger charge is -2.09. The van der Waals surface area contributed by atoms with Gasteiger partial charge in [-0.05, 0) is 25.1 Å². The summed E-state index contributed by atoms with van der Waals surface area (Å²) in [6.45, 7) is 3.45. The molecule has 90 valence electrons. The molecule has 0 aliphatic rings. The van der Waals surface area contributed by atoms with Gasteiger partial charge in [-0.2, -0.15) is 0 Å². The van der Waals surface area contributed by atoms with Gasteiger partial charge in [0.25, 0.3) is 0 Å². The van der Waals surface area contributed by atoms with Gasteiger partial charge < -0.3 is 9.88 Å². The Morgan fingerprint density at radius 1 is 1.47 bits per heavy atom. The van der Waals surface area contributed by atoms with Crippen molar-refractivity contribution in [3.63, 3.8) is 0 Å². The molecule has 0 spiro atoms. The van der Waals surface area contributed by atoms with Crippen molar-refractivity contribution >= 4 is 17.3 Å². The molecule has 1 aromatic heterocycles. The second kappa shape index (κ2) is 5.19. The van der Waals surface area contributed by atoms with Crippen LogP contribution in [0.15, 0.2) is 30.6 Å². The predicted octanol–water partition coefficient (Wildman–Crippen LogP) is 3.10. The molecular formula is C12H13ClFN3. The SMILES string of the molecule is Cc1nccn1CCNc1ccc(F)cc1Cl. The van der Waals surface area contributed by atoms with Gasteiger partial charge in [0.1, 0.15) is 11.6 Å². The molecule has 0 atom stereocenters. The highest BCUT2D eigenvalue weighted by Crippen LogP contribution is 2.21. The Balaban J connectivity index is 1.92. The first-order valence-electron chi connectivity index (χ1n) is 5.33. The van der Waals surface area contributed by atoms with Crippen LogP contribution in [0.2, 0.25) is 5.02 Å². The van der Waals surface area contributed by atoms with Crippen molar-refractivity contribution in [3.05, 3.63) is 47.3 Å². The van der Waals surface area contributed by atoms with E-state index in [1.165, 1.54) is 12.1 Å². The maximum Gasteiger partial charge on any atom is 0.124 e. The molecule has 0 amide bonds. The monoisotopic (exact) mass is 253 g/mol. The number of nitrogens with one attached hydrogen (secondary N) is 1. The summed E-state index contributed by atoms with van der Waals surface area (Å²) < 4.78 is 14.9. The third-order valence-corrected chi connectivity index (χ3v) is 2.84. The fourth-order valence-electron chi connectivity index (χ4n) is 1.58. The molecule has 0 saturated heterocycles. The Morgan fingerprint density at radius 3 is 2.94 bits per heavy atom. The number of nitrogens with zero attached hydrogens (tertiary/aromatic N) is 2. The van der Waals surface area contributed by atoms with Gasteiger partial charge in [-0.3, -0.25) is 0 Å². The van der Waals surface area contributed by atoms with Crippen molar-refractivity contribution in [1.29, 1.82) is 0 Å². The van der Waals surface area contributed by atoms with E-state index in [4.69, 9.17) is 11.6 Å². The van der Waals surface area contributed by atoms with E-state index in [-0.39, 0.29) is 5.82 Å². The maximum absolute atomic E-state index is 12.8. The Labute approximate surface area is 104 Å². The number of halogens is 2. The minimum atomic E-state index is -0.328. The molecule has 0 unspecified atom stereocenters. The minimum absolute atomic E-state index is 0.328. The van der Waals surface area contributed by atoms with Gasteiger partial charge in [-0.25, -0.2) is 9.37 Å². The molecule has 0 radical (unpaired) electrons. The summed E-state index contributed by atoms with van der Waals surface area (Å²) >= 11 is 5.90. The van der Waals surface area contributed by atoms with Crippen LogP contribution in [0.5, 0.6) is 0 Å². The van der Waals surface area contributed by atoms with Crippen LogP contribution in [0.3, 0.4) is 0 Å². The first-order valence-corrected chi connectivity index (χ1v) is 5.71. The normalized spacial score (nSPS) is 10.5. The zero-order chi connectivity index (χ0) is 12.3. The van der Waals surface area contributed by atoms with Gasteiger partial charge in [-0.15, -0.1) is 0 Å². The number of rotatable bonds is 4. The lowest BCUT2D eigenvalue weighted by atomic mass is 10.3. The van der Waals surface area contributed by atoms with E-state index in [2.05, 4.69) is 10.3 Å². The minimum Gasteiger partial charge on any atom is -0.382 e. The fraction of sp³-hybridized carbons (Fsp3) is 0.250. The Morgan fingerprint density at radius 2 is 2.29 bits per heavy atom. The van der Waals surface area contributed by atoms with Gasteiger partial charge in [-0.1, -0.05) is 11.6 Å². The number of benzene rings is 1. The standard InChI is InChI=1S/C12H13ClFN3/c1-9-15-4-6-17(9)7-5-16-12-3-2-10(14)8-11(12)13/h2-4,6,8,16H,5,7H2,1H3. The van der Waals surface area contributed by atoms with Crippen LogP contribution < -0.4 is 5.32 Å². The van der Waals surface area contributed by atoms with Crippen molar-refractivity contribution < 1.29 is 4.39 Å². The number of hydrogen-bond donors (Lipinski definition) is 1. The van der Waals surface area contributed by atoms with Gasteiger partial charge in [0.2, 0.25) is 0 Å². The van der Waals surface area contributed by atoms with Crippen molar-refractivity contribution in [1.82, 2.24) is 9.55 Å². The average molecular weight is 254 g/mol. The van der Waals surface area contributed by atoms with Crippen molar-refractivity contribution in [2.45, 2.75) is 13.5 Å². The molecule has 0 saturated carbocycles. The van der Waals surface area contributed by atoms with Crippen LogP contribution in [-0.2, 0) is 6.54 Å². The van der Waals surface area contributed by atoms with E-state index in [1.54, 1.807) is 12.3 Å². The molecule has 2 aromatic rings. The topological polar surface area (TPSA) is 29.9 Å². The number of imidazole rings is 1. The zero-order valence-electron chi connectivity index (χ0n) is 9.45. The van der Waals surface area contributed by atoms with Gasteiger partial charge in [0.05, 0.1) is 10.7 Å². The number of hydrogen-bond acceptors (Lipinski definition) is 2. The second-order valence-electron chi connectivity index (χ2n) is 3.72. The number of aryl methyl sites for hydroxylation is 1. The lowest BCUT2D eigenvalue weighted by molar-refractivity contribution is 0.628. The summed E-state index contributed by atoms with van der Waals surface area (Å²) in [4.78, 5) is 4.13. The summed E-state index contributed by atoms with van der Waals surface area (Å²) in [6, 6.07) is 4.32. The Kier molecular flexibility index (Phi) is 3.64. The smallest absolute Gasteiger partial charge is 0.124 e. The van der Waals surface area contributed by atoms with Crippen LogP contribution in [0.25, 0.3) is 0 Å². The molecular weight excluding hydrogens is 241 g/mol. The summed E-state index contributed by atoms with van der Waals surface area (Å²) in [5, 5.41) is 3.55. The summed E-state index contributed by atoms with van der Waals surface area (Å²) in [7, 11) is 0. The fourth-order valence-corrected chi connectivity index (χ4v) is 1.82. The molecule has 1 heterocycles. The van der Waals surface area contributed by atoms with Crippen LogP contribution in [0.1, 0.15) is 5.82 Å². The largest absolute Gasteiger partial charge is 0.382 e.